The highest BCUT2D eigenvalue weighted by molar-refractivity contribution is 5.94. The zero-order chi connectivity index (χ0) is 11.8. The van der Waals surface area contributed by atoms with E-state index in [1.807, 2.05) is 0 Å². The van der Waals surface area contributed by atoms with Gasteiger partial charge in [0.25, 0.3) is 5.91 Å². The number of aryl methyl sites for hydroxylation is 1. The first-order valence-electron chi connectivity index (χ1n) is 5.42. The molecule has 1 aromatic rings. The molecule has 1 aromatic heterocycles. The molecule has 0 saturated carbocycles. The topological polar surface area (TPSA) is 66.6 Å². The second kappa shape index (κ2) is 3.90. The molecule has 2 heterocycles. The molecule has 88 valence electrons. The zero-order valence-corrected chi connectivity index (χ0v) is 9.56. The Labute approximate surface area is 94.0 Å². The van der Waals surface area contributed by atoms with Gasteiger partial charge in [0.1, 0.15) is 11.3 Å². The van der Waals surface area contributed by atoms with E-state index in [1.165, 1.54) is 6.20 Å². The van der Waals surface area contributed by atoms with Crippen molar-refractivity contribution in [2.24, 2.45) is 0 Å². The van der Waals surface area contributed by atoms with Gasteiger partial charge in [-0.1, -0.05) is 5.16 Å². The summed E-state index contributed by atoms with van der Waals surface area (Å²) in [6, 6.07) is 0. The minimum Gasteiger partial charge on any atom is -0.388 e. The number of hydrogen-bond acceptors (Lipinski definition) is 4. The van der Waals surface area contributed by atoms with E-state index in [0.717, 1.165) is 12.8 Å². The van der Waals surface area contributed by atoms with E-state index in [9.17, 15) is 9.90 Å². The Hall–Kier alpha value is -1.36. The van der Waals surface area contributed by atoms with E-state index in [0.29, 0.717) is 24.4 Å². The fraction of sp³-hybridized carbons (Fsp3) is 0.636. The third kappa shape index (κ3) is 2.09. The second-order valence-electron chi connectivity index (χ2n) is 4.62. The number of nitrogens with zero attached hydrogens (tertiary/aromatic N) is 2. The Morgan fingerprint density at radius 1 is 1.69 bits per heavy atom. The minimum absolute atomic E-state index is 0.112. The molecule has 0 bridgehead atoms. The maximum absolute atomic E-state index is 12.1. The summed E-state index contributed by atoms with van der Waals surface area (Å²) in [4.78, 5) is 13.7. The van der Waals surface area contributed by atoms with Gasteiger partial charge < -0.3 is 14.5 Å². The maximum Gasteiger partial charge on any atom is 0.259 e. The summed E-state index contributed by atoms with van der Waals surface area (Å²) in [6.45, 7) is 4.52. The number of likely N-dealkylation sites (tertiary alicyclic amines) is 1. The quantitative estimate of drug-likeness (QED) is 0.771. The minimum atomic E-state index is -0.779. The first kappa shape index (κ1) is 11.1. The van der Waals surface area contributed by atoms with Crippen LogP contribution in [-0.2, 0) is 0 Å². The Bertz CT molecular complexity index is 398. The van der Waals surface area contributed by atoms with Gasteiger partial charge in [-0.2, -0.15) is 0 Å². The summed E-state index contributed by atoms with van der Waals surface area (Å²) < 4.78 is 4.87. The van der Waals surface area contributed by atoms with Gasteiger partial charge in [0.15, 0.2) is 0 Å². The van der Waals surface area contributed by atoms with Crippen LogP contribution in [0, 0.1) is 6.92 Å². The summed E-state index contributed by atoms with van der Waals surface area (Å²) in [5.41, 5.74) is -0.295. The van der Waals surface area contributed by atoms with E-state index in [4.69, 9.17) is 4.52 Å². The van der Waals surface area contributed by atoms with Gasteiger partial charge in [-0.15, -0.1) is 0 Å². The van der Waals surface area contributed by atoms with Gasteiger partial charge in [0.2, 0.25) is 0 Å². The summed E-state index contributed by atoms with van der Waals surface area (Å²) in [5.74, 6) is 0.411. The van der Waals surface area contributed by atoms with Crippen LogP contribution in [-0.4, -0.2) is 39.8 Å². The van der Waals surface area contributed by atoms with Gasteiger partial charge in [-0.05, 0) is 26.7 Å². The molecule has 1 atom stereocenters. The van der Waals surface area contributed by atoms with Crippen molar-refractivity contribution in [3.8, 4) is 0 Å². The van der Waals surface area contributed by atoms with Gasteiger partial charge in [0, 0.05) is 13.1 Å². The SMILES string of the molecule is Cc1oncc1C(=O)N1CCCC(C)(O)C1. The standard InChI is InChI=1S/C11H16N2O3/c1-8-9(6-12-16-8)10(14)13-5-3-4-11(2,15)7-13/h6,15H,3-5,7H2,1-2H3. The van der Waals surface area contributed by atoms with E-state index < -0.39 is 5.60 Å². The summed E-state index contributed by atoms with van der Waals surface area (Å²) in [5, 5.41) is 13.5. The maximum atomic E-state index is 12.1. The molecule has 0 aliphatic carbocycles. The summed E-state index contributed by atoms with van der Waals surface area (Å²) in [6.07, 6.45) is 2.99. The lowest BCUT2D eigenvalue weighted by atomic mass is 9.95. The highest BCUT2D eigenvalue weighted by Gasteiger charge is 2.32. The number of amides is 1. The van der Waals surface area contributed by atoms with E-state index in [-0.39, 0.29) is 5.91 Å². The average Bonchev–Trinajstić information content (AvgIpc) is 2.62. The zero-order valence-electron chi connectivity index (χ0n) is 9.56. The molecule has 2 rings (SSSR count). The molecule has 1 unspecified atom stereocenters. The van der Waals surface area contributed by atoms with Crippen molar-refractivity contribution in [2.75, 3.05) is 13.1 Å². The van der Waals surface area contributed by atoms with Crippen molar-refractivity contribution < 1.29 is 14.4 Å². The Morgan fingerprint density at radius 2 is 2.44 bits per heavy atom. The largest absolute Gasteiger partial charge is 0.388 e. The van der Waals surface area contributed by atoms with Gasteiger partial charge >= 0.3 is 0 Å². The second-order valence-corrected chi connectivity index (χ2v) is 4.62. The van der Waals surface area contributed by atoms with Crippen molar-refractivity contribution in [1.29, 1.82) is 0 Å². The van der Waals surface area contributed by atoms with E-state index in [2.05, 4.69) is 5.16 Å². The lowest BCUT2D eigenvalue weighted by Crippen LogP contribution is -2.48. The number of hydrogen-bond donors (Lipinski definition) is 1. The predicted octanol–water partition coefficient (Wildman–Crippen LogP) is 0.970. The van der Waals surface area contributed by atoms with Crippen LogP contribution in [0.3, 0.4) is 0 Å². The molecule has 0 aromatic carbocycles. The smallest absolute Gasteiger partial charge is 0.259 e. The molecule has 5 nitrogen and oxygen atoms in total. The third-order valence-electron chi connectivity index (χ3n) is 2.94. The van der Waals surface area contributed by atoms with Crippen LogP contribution in [0.2, 0.25) is 0 Å². The molecule has 1 aliphatic rings. The molecule has 0 radical (unpaired) electrons. The summed E-state index contributed by atoms with van der Waals surface area (Å²) in [7, 11) is 0. The van der Waals surface area contributed by atoms with Crippen LogP contribution in [0.4, 0.5) is 0 Å². The van der Waals surface area contributed by atoms with Crippen LogP contribution in [0.5, 0.6) is 0 Å². The number of carbonyl (C=O) groups excluding carboxylic acids is 1. The van der Waals surface area contributed by atoms with Gasteiger partial charge in [-0.25, -0.2) is 0 Å². The fourth-order valence-electron chi connectivity index (χ4n) is 2.07. The van der Waals surface area contributed by atoms with Gasteiger partial charge in [0.05, 0.1) is 11.8 Å². The molecule has 5 heteroatoms. The van der Waals surface area contributed by atoms with Crippen LogP contribution in [0.1, 0.15) is 35.9 Å². The third-order valence-corrected chi connectivity index (χ3v) is 2.94. The number of β-amino-alcohol motifs (C(OH)–C–C–N with tert-alkyl or cyclic N) is 1. The normalized spacial score (nSPS) is 25.8. The Balaban J connectivity index is 2.14. The van der Waals surface area contributed by atoms with Crippen molar-refractivity contribution in [2.45, 2.75) is 32.3 Å². The lowest BCUT2D eigenvalue weighted by molar-refractivity contribution is -0.0108. The molecule has 1 N–H and O–H groups in total. The fourth-order valence-corrected chi connectivity index (χ4v) is 2.07. The Morgan fingerprint density at radius 3 is 3.00 bits per heavy atom. The highest BCUT2D eigenvalue weighted by Crippen LogP contribution is 2.22. The number of piperidine rings is 1. The van der Waals surface area contributed by atoms with Crippen molar-refractivity contribution >= 4 is 5.91 Å². The van der Waals surface area contributed by atoms with Crippen molar-refractivity contribution in [3.05, 3.63) is 17.5 Å². The number of aliphatic hydroxyl groups is 1. The predicted molar refractivity (Wildman–Crippen MR) is 57.0 cm³/mol. The molecule has 1 amide bonds. The monoisotopic (exact) mass is 224 g/mol. The molecule has 1 fully saturated rings. The lowest BCUT2D eigenvalue weighted by Gasteiger charge is -2.36. The van der Waals surface area contributed by atoms with Crippen molar-refractivity contribution in [1.82, 2.24) is 10.1 Å². The first-order valence-corrected chi connectivity index (χ1v) is 5.42. The molecule has 16 heavy (non-hydrogen) atoms. The Kier molecular flexibility index (Phi) is 2.71. The highest BCUT2D eigenvalue weighted by atomic mass is 16.5. The van der Waals surface area contributed by atoms with E-state index >= 15 is 0 Å². The van der Waals surface area contributed by atoms with Crippen LogP contribution in [0.15, 0.2) is 10.7 Å². The van der Waals surface area contributed by atoms with E-state index in [1.54, 1.807) is 18.7 Å². The summed E-state index contributed by atoms with van der Waals surface area (Å²) >= 11 is 0. The van der Waals surface area contributed by atoms with Crippen LogP contribution < -0.4 is 0 Å². The molecule has 1 aliphatic heterocycles. The first-order chi connectivity index (χ1) is 7.49. The van der Waals surface area contributed by atoms with Crippen LogP contribution in [0.25, 0.3) is 0 Å². The molecule has 1 saturated heterocycles. The van der Waals surface area contributed by atoms with Crippen LogP contribution >= 0.6 is 0 Å². The molecular formula is C11H16N2O3. The number of carbonyl (C=O) groups is 1. The van der Waals surface area contributed by atoms with Crippen molar-refractivity contribution in [3.63, 3.8) is 0 Å². The molecular weight excluding hydrogens is 208 g/mol. The number of aromatic nitrogens is 1. The average molecular weight is 224 g/mol. The van der Waals surface area contributed by atoms with Gasteiger partial charge in [-0.3, -0.25) is 4.79 Å². The number of rotatable bonds is 1. The molecule has 0 spiro atoms.